The third-order valence-electron chi connectivity index (χ3n) is 5.51. The summed E-state index contributed by atoms with van der Waals surface area (Å²) >= 11 is 6.16. The molecule has 172 valence electrons. The first-order chi connectivity index (χ1) is 15.2. The molecule has 1 fully saturated rings. The van der Waals surface area contributed by atoms with Crippen LogP contribution in [0.2, 0.25) is 5.02 Å². The average Bonchev–Trinajstić information content (AvgIpc) is 3.22. The van der Waals surface area contributed by atoms with Crippen molar-refractivity contribution in [1.29, 1.82) is 0 Å². The number of nitrogens with one attached hydrogen (secondary N) is 1. The topological polar surface area (TPSA) is 58.6 Å². The lowest BCUT2D eigenvalue weighted by atomic mass is 9.87. The molecule has 1 N–H and O–H groups in total. The molecule has 32 heavy (non-hydrogen) atoms. The fourth-order valence-corrected chi connectivity index (χ4v) is 4.10. The van der Waals surface area contributed by atoms with E-state index in [0.717, 1.165) is 12.1 Å². The van der Waals surface area contributed by atoms with Gasteiger partial charge in [0.25, 0.3) is 5.91 Å². The number of methoxy groups -OCH3 is 1. The first-order valence-corrected chi connectivity index (χ1v) is 10.6. The number of carbonyl (C=O) groups excluding carboxylic acids is 2. The Morgan fingerprint density at radius 3 is 2.59 bits per heavy atom. The predicted molar refractivity (Wildman–Crippen MR) is 115 cm³/mol. The van der Waals surface area contributed by atoms with E-state index in [0.29, 0.717) is 25.1 Å². The van der Waals surface area contributed by atoms with E-state index in [-0.39, 0.29) is 35.5 Å². The molecule has 2 aromatic rings. The van der Waals surface area contributed by atoms with Gasteiger partial charge in [0.15, 0.2) is 0 Å². The van der Waals surface area contributed by atoms with Crippen LogP contribution in [0.15, 0.2) is 48.5 Å². The zero-order valence-electron chi connectivity index (χ0n) is 17.5. The minimum atomic E-state index is -4.50. The van der Waals surface area contributed by atoms with Crippen molar-refractivity contribution in [3.63, 3.8) is 0 Å². The van der Waals surface area contributed by atoms with Gasteiger partial charge in [-0.1, -0.05) is 41.9 Å². The second-order valence-electron chi connectivity index (χ2n) is 7.66. The second kappa shape index (κ2) is 10.4. The van der Waals surface area contributed by atoms with E-state index >= 15 is 0 Å². The molecule has 9 heteroatoms. The summed E-state index contributed by atoms with van der Waals surface area (Å²) < 4.78 is 44.7. The Bertz CT molecular complexity index is 967. The first-order valence-electron chi connectivity index (χ1n) is 10.2. The van der Waals surface area contributed by atoms with Crippen LogP contribution in [0.4, 0.5) is 13.2 Å². The molecule has 3 rings (SSSR count). The average molecular weight is 469 g/mol. The third kappa shape index (κ3) is 5.61. The van der Waals surface area contributed by atoms with Gasteiger partial charge < -0.3 is 15.0 Å². The quantitative estimate of drug-likeness (QED) is 0.614. The monoisotopic (exact) mass is 468 g/mol. The first kappa shape index (κ1) is 24.1. The molecule has 1 aliphatic rings. The van der Waals surface area contributed by atoms with Crippen LogP contribution < -0.4 is 5.32 Å². The van der Waals surface area contributed by atoms with Crippen molar-refractivity contribution in [3.8, 4) is 0 Å². The minimum Gasteiger partial charge on any atom is -0.385 e. The van der Waals surface area contributed by atoms with Crippen LogP contribution in [0, 0.1) is 5.92 Å². The van der Waals surface area contributed by atoms with Gasteiger partial charge in [-0.05, 0) is 30.2 Å². The molecule has 2 unspecified atom stereocenters. The summed E-state index contributed by atoms with van der Waals surface area (Å²) in [6.45, 7) is 1.04. The third-order valence-corrected chi connectivity index (χ3v) is 5.84. The molecule has 2 aromatic carbocycles. The van der Waals surface area contributed by atoms with Gasteiger partial charge >= 0.3 is 6.18 Å². The van der Waals surface area contributed by atoms with Crippen LogP contribution in [0.3, 0.4) is 0 Å². The van der Waals surface area contributed by atoms with Crippen molar-refractivity contribution in [1.82, 2.24) is 10.2 Å². The van der Waals surface area contributed by atoms with E-state index in [1.54, 1.807) is 37.4 Å². The Hall–Kier alpha value is -2.58. The Labute approximate surface area is 189 Å². The minimum absolute atomic E-state index is 0.0844. The summed E-state index contributed by atoms with van der Waals surface area (Å²) in [7, 11) is 1.56. The molecule has 2 atom stereocenters. The zero-order valence-corrected chi connectivity index (χ0v) is 18.2. The number of alkyl halides is 3. The van der Waals surface area contributed by atoms with E-state index in [9.17, 15) is 22.8 Å². The number of benzene rings is 2. The molecule has 0 radical (unpaired) electrons. The molecule has 1 heterocycles. The smallest absolute Gasteiger partial charge is 0.385 e. The molecular weight excluding hydrogens is 445 g/mol. The van der Waals surface area contributed by atoms with Crippen molar-refractivity contribution >= 4 is 23.4 Å². The molecule has 1 aliphatic heterocycles. The zero-order chi connectivity index (χ0) is 23.3. The van der Waals surface area contributed by atoms with Gasteiger partial charge in [-0.25, -0.2) is 0 Å². The molecule has 1 saturated heterocycles. The van der Waals surface area contributed by atoms with Crippen LogP contribution in [-0.4, -0.2) is 50.1 Å². The van der Waals surface area contributed by atoms with Gasteiger partial charge in [-0.2, -0.15) is 13.2 Å². The molecule has 0 spiro atoms. The summed E-state index contributed by atoms with van der Waals surface area (Å²) in [6, 6.07) is 11.5. The maximum atomic E-state index is 13.3. The molecule has 0 saturated carbocycles. The number of halogens is 4. The van der Waals surface area contributed by atoms with Gasteiger partial charge in [0, 0.05) is 39.3 Å². The lowest BCUT2D eigenvalue weighted by Crippen LogP contribution is -2.36. The van der Waals surface area contributed by atoms with E-state index in [1.807, 2.05) is 0 Å². The highest BCUT2D eigenvalue weighted by atomic mass is 35.5. The van der Waals surface area contributed by atoms with Crippen molar-refractivity contribution in [2.24, 2.45) is 5.92 Å². The van der Waals surface area contributed by atoms with Crippen molar-refractivity contribution in [3.05, 3.63) is 70.2 Å². The largest absolute Gasteiger partial charge is 0.416 e. The van der Waals surface area contributed by atoms with E-state index in [2.05, 4.69) is 5.32 Å². The summed E-state index contributed by atoms with van der Waals surface area (Å²) in [5.41, 5.74) is -0.130. The maximum absolute atomic E-state index is 13.3. The number of ether oxygens (including phenoxy) is 1. The Morgan fingerprint density at radius 2 is 1.91 bits per heavy atom. The molecule has 0 aliphatic carbocycles. The molecule has 0 bridgehead atoms. The van der Waals surface area contributed by atoms with E-state index < -0.39 is 23.6 Å². The van der Waals surface area contributed by atoms with Gasteiger partial charge in [0.1, 0.15) is 0 Å². The van der Waals surface area contributed by atoms with Crippen molar-refractivity contribution < 1.29 is 27.5 Å². The number of nitrogens with zero attached hydrogens (tertiary/aromatic N) is 1. The molecule has 2 amide bonds. The SMILES string of the molecule is COCCCNC(=O)C1CN(C(=O)c2ccccc2Cl)CC1c1cccc(C(F)(F)F)c1. The maximum Gasteiger partial charge on any atom is 0.416 e. The fourth-order valence-electron chi connectivity index (χ4n) is 3.88. The van der Waals surface area contributed by atoms with Gasteiger partial charge in [-0.15, -0.1) is 0 Å². The van der Waals surface area contributed by atoms with Gasteiger partial charge in [0.2, 0.25) is 5.91 Å². The van der Waals surface area contributed by atoms with E-state index in [1.165, 1.54) is 11.0 Å². The van der Waals surface area contributed by atoms with Crippen LogP contribution in [-0.2, 0) is 15.7 Å². The highest BCUT2D eigenvalue weighted by Gasteiger charge is 2.41. The van der Waals surface area contributed by atoms with Crippen LogP contribution in [0.5, 0.6) is 0 Å². The highest BCUT2D eigenvalue weighted by Crippen LogP contribution is 2.37. The van der Waals surface area contributed by atoms with Crippen molar-refractivity contribution in [2.75, 3.05) is 33.4 Å². The highest BCUT2D eigenvalue weighted by molar-refractivity contribution is 6.33. The number of hydrogen-bond acceptors (Lipinski definition) is 3. The number of amides is 2. The number of hydrogen-bond donors (Lipinski definition) is 1. The van der Waals surface area contributed by atoms with Gasteiger partial charge in [-0.3, -0.25) is 9.59 Å². The standard InChI is InChI=1S/C23H24ClF3N2O3/c1-32-11-5-10-28-21(30)19-14-29(22(31)17-8-2-3-9-20(17)24)13-18(19)15-6-4-7-16(12-15)23(25,26)27/h2-4,6-9,12,18-19H,5,10-11,13-14H2,1H3,(H,28,30). The molecule has 5 nitrogen and oxygen atoms in total. The second-order valence-corrected chi connectivity index (χ2v) is 8.07. The van der Waals surface area contributed by atoms with Crippen LogP contribution >= 0.6 is 11.6 Å². The number of rotatable bonds is 7. The molecule has 0 aromatic heterocycles. The van der Waals surface area contributed by atoms with Crippen LogP contribution in [0.1, 0.15) is 33.8 Å². The fraction of sp³-hybridized carbons (Fsp3) is 0.391. The molecular formula is C23H24ClF3N2O3. The Balaban J connectivity index is 1.87. The van der Waals surface area contributed by atoms with Gasteiger partial charge in [0.05, 0.1) is 22.1 Å². The summed E-state index contributed by atoms with van der Waals surface area (Å²) in [4.78, 5) is 27.4. The normalized spacial score (nSPS) is 18.6. The summed E-state index contributed by atoms with van der Waals surface area (Å²) in [5, 5.41) is 3.09. The lowest BCUT2D eigenvalue weighted by Gasteiger charge is -2.19. The van der Waals surface area contributed by atoms with Crippen molar-refractivity contribution in [2.45, 2.75) is 18.5 Å². The number of likely N-dealkylation sites (tertiary alicyclic amines) is 1. The lowest BCUT2D eigenvalue weighted by molar-refractivity contribution is -0.137. The predicted octanol–water partition coefficient (Wildman–Crippen LogP) is 4.37. The Morgan fingerprint density at radius 1 is 1.16 bits per heavy atom. The number of carbonyl (C=O) groups is 2. The summed E-state index contributed by atoms with van der Waals surface area (Å²) in [5.74, 6) is -1.93. The Kier molecular flexibility index (Phi) is 7.79. The summed E-state index contributed by atoms with van der Waals surface area (Å²) in [6.07, 6.45) is -3.90. The van der Waals surface area contributed by atoms with Crippen LogP contribution in [0.25, 0.3) is 0 Å². The van der Waals surface area contributed by atoms with E-state index in [4.69, 9.17) is 16.3 Å².